The first kappa shape index (κ1) is 25.0. The Morgan fingerprint density at radius 2 is 1.85 bits per heavy atom. The van der Waals surface area contributed by atoms with E-state index in [0.717, 1.165) is 13.0 Å². The third kappa shape index (κ3) is 20.4. The molecular formula is C17H31N2Y. The Bertz CT molecular complexity index is 246. The van der Waals surface area contributed by atoms with Crippen LogP contribution in [0.5, 0.6) is 0 Å². The molecule has 0 radical (unpaired) electrons. The second-order valence-electron chi connectivity index (χ2n) is 4.78. The molecule has 2 nitrogen and oxygen atoms in total. The Kier molecular flexibility index (Phi) is 23.8. The molecular weight excluding hydrogens is 321 g/mol. The quantitative estimate of drug-likeness (QED) is 0.313. The van der Waals surface area contributed by atoms with Crippen LogP contribution in [0.2, 0.25) is 0 Å². The molecule has 0 aliphatic heterocycles. The molecule has 1 aliphatic rings. The van der Waals surface area contributed by atoms with E-state index in [1.807, 2.05) is 32.4 Å². The van der Waals surface area contributed by atoms with E-state index in [9.17, 15) is 0 Å². The Balaban J connectivity index is -0.000000266. The minimum atomic E-state index is 0. The Morgan fingerprint density at radius 1 is 1.30 bits per heavy atom. The van der Waals surface area contributed by atoms with E-state index >= 15 is 0 Å². The van der Waals surface area contributed by atoms with Crippen LogP contribution in [0.15, 0.2) is 23.2 Å². The van der Waals surface area contributed by atoms with Crippen molar-refractivity contribution in [1.29, 1.82) is 0 Å². The van der Waals surface area contributed by atoms with Gasteiger partial charge in [-0.15, -0.1) is 6.42 Å². The fraction of sp³-hybridized carbons (Fsp3) is 0.647. The zero-order valence-electron chi connectivity index (χ0n) is 14.4. The van der Waals surface area contributed by atoms with Crippen molar-refractivity contribution in [1.82, 2.24) is 4.90 Å². The van der Waals surface area contributed by atoms with Crippen molar-refractivity contribution in [3.05, 3.63) is 30.7 Å². The van der Waals surface area contributed by atoms with Crippen molar-refractivity contribution in [2.45, 2.75) is 67.0 Å². The van der Waals surface area contributed by atoms with E-state index in [4.69, 9.17) is 0 Å². The van der Waals surface area contributed by atoms with Gasteiger partial charge in [0.05, 0.1) is 0 Å². The van der Waals surface area contributed by atoms with Crippen molar-refractivity contribution in [2.75, 3.05) is 6.54 Å². The third-order valence-electron chi connectivity index (χ3n) is 1.99. The Morgan fingerprint density at radius 3 is 2.05 bits per heavy atom. The van der Waals surface area contributed by atoms with Gasteiger partial charge in [-0.25, -0.2) is 12.2 Å². The van der Waals surface area contributed by atoms with Crippen molar-refractivity contribution in [3.63, 3.8) is 0 Å². The molecule has 0 fully saturated rings. The van der Waals surface area contributed by atoms with Crippen molar-refractivity contribution >= 4 is 6.34 Å². The van der Waals surface area contributed by atoms with Crippen LogP contribution in [-0.4, -0.2) is 29.9 Å². The van der Waals surface area contributed by atoms with Crippen LogP contribution in [0.4, 0.5) is 0 Å². The molecule has 0 saturated heterocycles. The molecule has 20 heavy (non-hydrogen) atoms. The van der Waals surface area contributed by atoms with E-state index in [1.165, 1.54) is 0 Å². The van der Waals surface area contributed by atoms with Crippen molar-refractivity contribution in [2.24, 2.45) is 4.99 Å². The van der Waals surface area contributed by atoms with Gasteiger partial charge in [0.15, 0.2) is 0 Å². The van der Waals surface area contributed by atoms with Crippen LogP contribution < -0.4 is 0 Å². The smallest absolute Gasteiger partial charge is 0.536 e. The third-order valence-corrected chi connectivity index (χ3v) is 1.99. The summed E-state index contributed by atoms with van der Waals surface area (Å²) in [6.45, 7) is 15.5. The summed E-state index contributed by atoms with van der Waals surface area (Å²) in [5, 5.41) is 0. The Hall–Kier alpha value is 0.0539. The summed E-state index contributed by atoms with van der Waals surface area (Å²) >= 11 is 0. The molecule has 0 aromatic carbocycles. The fourth-order valence-corrected chi connectivity index (χ4v) is 1.08. The number of nitrogens with zero attached hydrogens (tertiary/aromatic N) is 2. The molecule has 0 bridgehead atoms. The first-order chi connectivity index (χ1) is 8.99. The maximum atomic E-state index is 4.19. The molecule has 0 saturated carbocycles. The first-order valence-electron chi connectivity index (χ1n) is 7.17. The largest absolute Gasteiger partial charge is 3.00 e. The molecule has 112 valence electrons. The van der Waals surface area contributed by atoms with Crippen LogP contribution in [0.1, 0.15) is 54.9 Å². The van der Waals surface area contributed by atoms with Crippen molar-refractivity contribution in [3.8, 4) is 0 Å². The second kappa shape index (κ2) is 19.1. The minimum Gasteiger partial charge on any atom is -0.536 e. The molecule has 1 aliphatic carbocycles. The van der Waals surface area contributed by atoms with Crippen molar-refractivity contribution < 1.29 is 32.7 Å². The zero-order chi connectivity index (χ0) is 15.1. The topological polar surface area (TPSA) is 15.6 Å². The number of aliphatic imine (C=N–C) groups is 1. The van der Waals surface area contributed by atoms with E-state index < -0.39 is 0 Å². The molecule has 0 aromatic rings. The molecule has 0 unspecified atom stereocenters. The van der Waals surface area contributed by atoms with Gasteiger partial charge in [0.25, 0.3) is 0 Å². The predicted molar refractivity (Wildman–Crippen MR) is 87.3 cm³/mol. The van der Waals surface area contributed by atoms with Gasteiger partial charge >= 0.3 is 32.7 Å². The normalized spacial score (nSPS) is 11.8. The molecule has 0 amide bonds. The summed E-state index contributed by atoms with van der Waals surface area (Å²) in [5.41, 5.74) is 0. The number of hydrogen-bond donors (Lipinski definition) is 0. The van der Waals surface area contributed by atoms with Gasteiger partial charge in [0.1, 0.15) is 0 Å². The molecule has 0 N–H and O–H groups in total. The van der Waals surface area contributed by atoms with Crippen LogP contribution in [0.3, 0.4) is 0 Å². The monoisotopic (exact) mass is 352 g/mol. The number of rotatable bonds is 4. The van der Waals surface area contributed by atoms with Crippen LogP contribution in [0, 0.1) is 12.5 Å². The van der Waals surface area contributed by atoms with Crippen LogP contribution in [-0.2, 0) is 32.7 Å². The Labute approximate surface area is 152 Å². The summed E-state index contributed by atoms with van der Waals surface area (Å²) in [6, 6.07) is 0.852. The molecule has 0 aromatic heterocycles. The first-order valence-corrected chi connectivity index (χ1v) is 7.17. The average Bonchev–Trinajstić information content (AvgIpc) is 2.88. The molecule has 1 rings (SSSR count). The summed E-state index contributed by atoms with van der Waals surface area (Å²) in [6.07, 6.45) is 15.0. The van der Waals surface area contributed by atoms with Gasteiger partial charge in [-0.3, -0.25) is 12.4 Å². The summed E-state index contributed by atoms with van der Waals surface area (Å²) < 4.78 is 0. The van der Waals surface area contributed by atoms with Gasteiger partial charge in [0.2, 0.25) is 0 Å². The SMILES string of the molecule is CCN([C-]=NC(C)C)C(C)C.C[CH-]C.[C-]1=CC=CC1.[Y+3]. The van der Waals surface area contributed by atoms with E-state index in [1.54, 1.807) is 0 Å². The molecule has 0 atom stereocenters. The van der Waals surface area contributed by atoms with E-state index in [-0.39, 0.29) is 32.7 Å². The summed E-state index contributed by atoms with van der Waals surface area (Å²) in [4.78, 5) is 6.29. The fourth-order valence-electron chi connectivity index (χ4n) is 1.08. The van der Waals surface area contributed by atoms with E-state index in [2.05, 4.69) is 63.0 Å². The van der Waals surface area contributed by atoms with E-state index in [0.29, 0.717) is 12.1 Å². The predicted octanol–water partition coefficient (Wildman–Crippen LogP) is 4.56. The van der Waals surface area contributed by atoms with Gasteiger partial charge in [0, 0.05) is 6.04 Å². The second-order valence-corrected chi connectivity index (χ2v) is 4.78. The summed E-state index contributed by atoms with van der Waals surface area (Å²) in [5.74, 6) is 0. The maximum absolute atomic E-state index is 4.19. The van der Waals surface area contributed by atoms with Gasteiger partial charge < -0.3 is 16.3 Å². The minimum absolute atomic E-state index is 0. The van der Waals surface area contributed by atoms with Gasteiger partial charge in [-0.05, 0) is 40.3 Å². The van der Waals surface area contributed by atoms with Gasteiger partial charge in [-0.2, -0.15) is 19.9 Å². The number of allylic oxidation sites excluding steroid dienone is 4. The maximum Gasteiger partial charge on any atom is 3.00 e. The van der Waals surface area contributed by atoms with Crippen LogP contribution in [0.25, 0.3) is 0 Å². The molecule has 3 heteroatoms. The zero-order valence-corrected chi connectivity index (χ0v) is 17.2. The van der Waals surface area contributed by atoms with Gasteiger partial charge in [-0.1, -0.05) is 6.92 Å². The summed E-state index contributed by atoms with van der Waals surface area (Å²) in [7, 11) is 0. The standard InChI is InChI=1S/C9H19N2.C5H5.C3H7.Y/c1-6-11(9(4)5)7-10-8(2)3;1-2-4-5-3-1;1-3-2;/h8-9H,6H2,1-5H3;1-3H,4H2;3H,1-2H3;/q3*-1;+3. The van der Waals surface area contributed by atoms with Crippen LogP contribution >= 0.6 is 0 Å². The number of hydrogen-bond acceptors (Lipinski definition) is 1. The molecule has 0 heterocycles. The molecule has 0 spiro atoms. The average molecular weight is 352 g/mol.